The van der Waals surface area contributed by atoms with E-state index < -0.39 is 11.9 Å². The first-order valence-electron chi connectivity index (χ1n) is 7.92. The van der Waals surface area contributed by atoms with Gasteiger partial charge in [0.05, 0.1) is 13.7 Å². The summed E-state index contributed by atoms with van der Waals surface area (Å²) in [7, 11) is 1.28. The molecule has 0 saturated carbocycles. The number of hydrogen-bond acceptors (Lipinski definition) is 6. The van der Waals surface area contributed by atoms with Gasteiger partial charge in [0.15, 0.2) is 0 Å². The molecule has 0 amide bonds. The molecule has 0 unspecified atom stereocenters. The zero-order valence-electron chi connectivity index (χ0n) is 14.3. The van der Waals surface area contributed by atoms with Gasteiger partial charge in [-0.3, -0.25) is 4.79 Å². The van der Waals surface area contributed by atoms with E-state index in [2.05, 4.69) is 5.32 Å². The van der Waals surface area contributed by atoms with Crippen LogP contribution in [0.2, 0.25) is 0 Å². The van der Waals surface area contributed by atoms with Gasteiger partial charge in [0.25, 0.3) is 0 Å². The van der Waals surface area contributed by atoms with Gasteiger partial charge in [0.1, 0.15) is 17.1 Å². The Labute approximate surface area is 146 Å². The van der Waals surface area contributed by atoms with Crippen LogP contribution >= 0.6 is 0 Å². The number of rotatable bonds is 8. The van der Waals surface area contributed by atoms with Crippen molar-refractivity contribution < 1.29 is 23.8 Å². The molecule has 0 aliphatic carbocycles. The summed E-state index contributed by atoms with van der Waals surface area (Å²) in [5.41, 5.74) is 0.930. The van der Waals surface area contributed by atoms with E-state index in [-0.39, 0.29) is 11.3 Å². The van der Waals surface area contributed by atoms with Crippen LogP contribution in [0.1, 0.15) is 23.7 Å². The number of hydrogen-bond donors (Lipinski definition) is 1. The van der Waals surface area contributed by atoms with Crippen molar-refractivity contribution in [2.75, 3.05) is 25.6 Å². The van der Waals surface area contributed by atoms with Gasteiger partial charge < -0.3 is 19.5 Å². The molecule has 25 heavy (non-hydrogen) atoms. The number of anilines is 1. The van der Waals surface area contributed by atoms with E-state index in [0.717, 1.165) is 17.9 Å². The molecule has 0 atom stereocenters. The highest BCUT2D eigenvalue weighted by Gasteiger charge is 2.15. The lowest BCUT2D eigenvalue weighted by molar-refractivity contribution is -0.131. The summed E-state index contributed by atoms with van der Waals surface area (Å²) in [6.45, 7) is 2.52. The number of carbonyl (C=O) groups is 2. The van der Waals surface area contributed by atoms with Crippen molar-refractivity contribution in [3.63, 3.8) is 0 Å². The number of methoxy groups -OCH3 is 1. The van der Waals surface area contributed by atoms with Crippen LogP contribution in [0.5, 0.6) is 11.5 Å². The van der Waals surface area contributed by atoms with E-state index in [1.165, 1.54) is 14.0 Å². The predicted octanol–water partition coefficient (Wildman–Crippen LogP) is 3.28. The average molecular weight is 343 g/mol. The molecule has 0 aliphatic rings. The fourth-order valence-electron chi connectivity index (χ4n) is 2.16. The Balaban J connectivity index is 1.88. The van der Waals surface area contributed by atoms with Gasteiger partial charge in [0, 0.05) is 19.2 Å². The van der Waals surface area contributed by atoms with Crippen LogP contribution in [-0.4, -0.2) is 32.2 Å². The van der Waals surface area contributed by atoms with Crippen molar-refractivity contribution in [3.8, 4) is 11.5 Å². The summed E-state index contributed by atoms with van der Waals surface area (Å²) in [5, 5.41) is 3.20. The number of carbonyl (C=O) groups excluding carboxylic acids is 2. The Hall–Kier alpha value is -3.02. The van der Waals surface area contributed by atoms with Crippen LogP contribution < -0.4 is 14.8 Å². The molecule has 0 radical (unpaired) electrons. The lowest BCUT2D eigenvalue weighted by atomic mass is 10.1. The molecule has 0 bridgehead atoms. The highest BCUT2D eigenvalue weighted by atomic mass is 16.5. The monoisotopic (exact) mass is 343 g/mol. The van der Waals surface area contributed by atoms with Crippen molar-refractivity contribution in [2.24, 2.45) is 0 Å². The minimum absolute atomic E-state index is 0.178. The van der Waals surface area contributed by atoms with Gasteiger partial charge in [-0.15, -0.1) is 0 Å². The molecule has 1 N–H and O–H groups in total. The maximum Gasteiger partial charge on any atom is 0.341 e. The van der Waals surface area contributed by atoms with Gasteiger partial charge in [-0.05, 0) is 36.8 Å². The van der Waals surface area contributed by atoms with Crippen molar-refractivity contribution in [1.29, 1.82) is 0 Å². The SMILES string of the molecule is COC(=O)c1cc(NCCCOc2ccccc2)ccc1OC(C)=O. The van der Waals surface area contributed by atoms with Crippen molar-refractivity contribution >= 4 is 17.6 Å². The van der Waals surface area contributed by atoms with Crippen LogP contribution in [0.15, 0.2) is 48.5 Å². The van der Waals surface area contributed by atoms with Crippen molar-refractivity contribution in [2.45, 2.75) is 13.3 Å². The second-order valence-electron chi connectivity index (χ2n) is 5.24. The minimum Gasteiger partial charge on any atom is -0.494 e. The average Bonchev–Trinajstić information content (AvgIpc) is 2.62. The Kier molecular flexibility index (Phi) is 6.83. The Morgan fingerprint density at radius 2 is 1.84 bits per heavy atom. The summed E-state index contributed by atoms with van der Waals surface area (Å²) in [6, 6.07) is 14.5. The van der Waals surface area contributed by atoms with Crippen molar-refractivity contribution in [1.82, 2.24) is 0 Å². The summed E-state index contributed by atoms with van der Waals surface area (Å²) < 4.78 is 15.4. The molecule has 0 spiro atoms. The number of esters is 2. The Morgan fingerprint density at radius 1 is 1.08 bits per heavy atom. The second kappa shape index (κ2) is 9.32. The van der Waals surface area contributed by atoms with E-state index in [1.807, 2.05) is 30.3 Å². The molecule has 0 fully saturated rings. The zero-order valence-corrected chi connectivity index (χ0v) is 14.3. The highest BCUT2D eigenvalue weighted by Crippen LogP contribution is 2.24. The smallest absolute Gasteiger partial charge is 0.341 e. The summed E-state index contributed by atoms with van der Waals surface area (Å²) >= 11 is 0. The minimum atomic E-state index is -0.563. The third kappa shape index (κ3) is 5.84. The normalized spacial score (nSPS) is 10.0. The van der Waals surface area contributed by atoms with Gasteiger partial charge in [-0.1, -0.05) is 18.2 Å². The standard InChI is InChI=1S/C19H21NO5/c1-14(21)25-18-10-9-15(13-17(18)19(22)23-2)20-11-6-12-24-16-7-4-3-5-8-16/h3-5,7-10,13,20H,6,11-12H2,1-2H3. The van der Waals surface area contributed by atoms with Crippen molar-refractivity contribution in [3.05, 3.63) is 54.1 Å². The van der Waals surface area contributed by atoms with Gasteiger partial charge in [-0.2, -0.15) is 0 Å². The number of benzene rings is 2. The molecule has 0 aliphatic heterocycles. The molecule has 0 aromatic heterocycles. The van der Waals surface area contributed by atoms with Gasteiger partial charge in [-0.25, -0.2) is 4.79 Å². The summed E-state index contributed by atoms with van der Waals surface area (Å²) in [5.74, 6) is -0.0465. The first kappa shape index (κ1) is 18.3. The molecule has 6 nitrogen and oxygen atoms in total. The van der Waals surface area contributed by atoms with E-state index in [9.17, 15) is 9.59 Å². The molecule has 2 aromatic rings. The maximum atomic E-state index is 11.8. The van der Waals surface area contributed by atoms with Crippen LogP contribution in [0.4, 0.5) is 5.69 Å². The van der Waals surface area contributed by atoms with Crippen LogP contribution in [-0.2, 0) is 9.53 Å². The Bertz CT molecular complexity index is 715. The van der Waals surface area contributed by atoms with Crippen LogP contribution in [0, 0.1) is 0 Å². The van der Waals surface area contributed by atoms with E-state index >= 15 is 0 Å². The molecule has 132 valence electrons. The predicted molar refractivity (Wildman–Crippen MR) is 94.1 cm³/mol. The Morgan fingerprint density at radius 3 is 2.52 bits per heavy atom. The molecular weight excluding hydrogens is 322 g/mol. The summed E-state index contributed by atoms with van der Waals surface area (Å²) in [4.78, 5) is 23.0. The van der Waals surface area contributed by atoms with E-state index in [1.54, 1.807) is 18.2 Å². The molecule has 0 saturated heterocycles. The van der Waals surface area contributed by atoms with Gasteiger partial charge >= 0.3 is 11.9 Å². The fourth-order valence-corrected chi connectivity index (χ4v) is 2.16. The first-order chi connectivity index (χ1) is 12.1. The highest BCUT2D eigenvalue weighted by molar-refractivity contribution is 5.94. The molecule has 2 aromatic carbocycles. The van der Waals surface area contributed by atoms with Gasteiger partial charge in [0.2, 0.25) is 0 Å². The lowest BCUT2D eigenvalue weighted by Crippen LogP contribution is -2.11. The topological polar surface area (TPSA) is 73.9 Å². The zero-order chi connectivity index (χ0) is 18.1. The number of ether oxygens (including phenoxy) is 3. The summed E-state index contributed by atoms with van der Waals surface area (Å²) in [6.07, 6.45) is 0.786. The molecule has 6 heteroatoms. The molecular formula is C19H21NO5. The fraction of sp³-hybridized carbons (Fsp3) is 0.263. The third-order valence-electron chi connectivity index (χ3n) is 3.30. The van der Waals surface area contributed by atoms with E-state index in [0.29, 0.717) is 13.2 Å². The molecule has 2 rings (SSSR count). The lowest BCUT2D eigenvalue weighted by Gasteiger charge is -2.12. The second-order valence-corrected chi connectivity index (χ2v) is 5.24. The van der Waals surface area contributed by atoms with E-state index in [4.69, 9.17) is 14.2 Å². The van der Waals surface area contributed by atoms with Crippen LogP contribution in [0.3, 0.4) is 0 Å². The third-order valence-corrected chi connectivity index (χ3v) is 3.30. The maximum absolute atomic E-state index is 11.8. The quantitative estimate of drug-likeness (QED) is 0.450. The van der Waals surface area contributed by atoms with Crippen LogP contribution in [0.25, 0.3) is 0 Å². The molecule has 0 heterocycles. The largest absolute Gasteiger partial charge is 0.494 e. The number of para-hydroxylation sites is 1. The first-order valence-corrected chi connectivity index (χ1v) is 7.92. The number of nitrogens with one attached hydrogen (secondary N) is 1.